The summed E-state index contributed by atoms with van der Waals surface area (Å²) in [7, 11) is 0. The lowest BCUT2D eigenvalue weighted by Crippen LogP contribution is -2.42. The van der Waals surface area contributed by atoms with E-state index < -0.39 is 0 Å². The van der Waals surface area contributed by atoms with Gasteiger partial charge >= 0.3 is 5.97 Å². The minimum atomic E-state index is -0.348. The summed E-state index contributed by atoms with van der Waals surface area (Å²) in [4.78, 5) is 24.3. The summed E-state index contributed by atoms with van der Waals surface area (Å²) in [6, 6.07) is 4.01. The van der Waals surface area contributed by atoms with Crippen LogP contribution < -0.4 is 5.32 Å². The van der Waals surface area contributed by atoms with Crippen molar-refractivity contribution in [1.29, 1.82) is 0 Å². The van der Waals surface area contributed by atoms with E-state index in [4.69, 9.17) is 4.74 Å². The molecule has 20 heavy (non-hydrogen) atoms. The summed E-state index contributed by atoms with van der Waals surface area (Å²) < 4.78 is 5.01. The number of rotatable bonds is 5. The van der Waals surface area contributed by atoms with Gasteiger partial charge in [0.2, 0.25) is 0 Å². The fraction of sp³-hybridized carbons (Fsp3) is 0.600. The van der Waals surface area contributed by atoms with Crippen LogP contribution in [0.1, 0.15) is 37.5 Å². The van der Waals surface area contributed by atoms with Crippen molar-refractivity contribution in [2.45, 2.75) is 45.1 Å². The van der Waals surface area contributed by atoms with Gasteiger partial charge in [0.15, 0.2) is 6.61 Å². The zero-order chi connectivity index (χ0) is 14.4. The van der Waals surface area contributed by atoms with Gasteiger partial charge in [-0.15, -0.1) is 11.3 Å². The highest BCUT2D eigenvalue weighted by molar-refractivity contribution is 7.10. The van der Waals surface area contributed by atoms with E-state index in [0.717, 1.165) is 24.1 Å². The van der Waals surface area contributed by atoms with E-state index >= 15 is 0 Å². The van der Waals surface area contributed by atoms with Crippen molar-refractivity contribution < 1.29 is 14.3 Å². The first-order chi connectivity index (χ1) is 9.65. The summed E-state index contributed by atoms with van der Waals surface area (Å²) in [5.74, 6) is -0.0305. The maximum absolute atomic E-state index is 11.8. The quantitative estimate of drug-likeness (QED) is 0.849. The zero-order valence-corrected chi connectivity index (χ0v) is 12.6. The van der Waals surface area contributed by atoms with Crippen LogP contribution in [0, 0.1) is 5.92 Å². The first kappa shape index (κ1) is 15.0. The molecule has 1 saturated carbocycles. The SMILES string of the molecule is C[C@@H]1CCCC[C@@H]1NC(=O)COC(=O)Cc1cccs1. The van der Waals surface area contributed by atoms with Crippen molar-refractivity contribution in [2.24, 2.45) is 5.92 Å². The first-order valence-electron chi connectivity index (χ1n) is 7.12. The van der Waals surface area contributed by atoms with Crippen LogP contribution in [0.2, 0.25) is 0 Å². The Labute approximate surface area is 123 Å². The average molecular weight is 295 g/mol. The summed E-state index contributed by atoms with van der Waals surface area (Å²) in [5, 5.41) is 4.89. The highest BCUT2D eigenvalue weighted by Crippen LogP contribution is 2.23. The molecule has 0 saturated heterocycles. The van der Waals surface area contributed by atoms with Crippen LogP contribution in [0.3, 0.4) is 0 Å². The molecule has 1 aromatic heterocycles. The van der Waals surface area contributed by atoms with Crippen molar-refractivity contribution in [3.05, 3.63) is 22.4 Å². The Bertz CT molecular complexity index is 444. The molecular formula is C15H21NO3S. The molecule has 4 nitrogen and oxygen atoms in total. The number of thiophene rings is 1. The van der Waals surface area contributed by atoms with Gasteiger partial charge in [0.05, 0.1) is 6.42 Å². The molecule has 1 fully saturated rings. The molecule has 2 rings (SSSR count). The molecule has 0 unspecified atom stereocenters. The highest BCUT2D eigenvalue weighted by atomic mass is 32.1. The Morgan fingerprint density at radius 2 is 2.20 bits per heavy atom. The number of carbonyl (C=O) groups is 2. The van der Waals surface area contributed by atoms with Crippen LogP contribution in [-0.2, 0) is 20.7 Å². The summed E-state index contributed by atoms with van der Waals surface area (Å²) >= 11 is 1.51. The third-order valence-electron chi connectivity index (χ3n) is 3.72. The Morgan fingerprint density at radius 1 is 1.40 bits per heavy atom. The van der Waals surface area contributed by atoms with Crippen molar-refractivity contribution in [3.8, 4) is 0 Å². The molecular weight excluding hydrogens is 274 g/mol. The van der Waals surface area contributed by atoms with Crippen LogP contribution in [0.15, 0.2) is 17.5 Å². The van der Waals surface area contributed by atoms with Gasteiger partial charge in [-0.1, -0.05) is 25.8 Å². The molecule has 1 heterocycles. The number of carbonyl (C=O) groups excluding carboxylic acids is 2. The van der Waals surface area contributed by atoms with Crippen LogP contribution >= 0.6 is 11.3 Å². The summed E-state index contributed by atoms with van der Waals surface area (Å²) in [6.45, 7) is 1.99. The van der Waals surface area contributed by atoms with Crippen molar-refractivity contribution >= 4 is 23.2 Å². The van der Waals surface area contributed by atoms with Crippen molar-refractivity contribution in [2.75, 3.05) is 6.61 Å². The zero-order valence-electron chi connectivity index (χ0n) is 11.8. The molecule has 2 atom stereocenters. The lowest BCUT2D eigenvalue weighted by atomic mass is 9.86. The topological polar surface area (TPSA) is 55.4 Å². The smallest absolute Gasteiger partial charge is 0.311 e. The molecule has 1 aromatic rings. The number of hydrogen-bond donors (Lipinski definition) is 1. The predicted molar refractivity (Wildman–Crippen MR) is 78.5 cm³/mol. The van der Waals surface area contributed by atoms with E-state index in [0.29, 0.717) is 5.92 Å². The van der Waals surface area contributed by atoms with Crippen LogP contribution in [0.4, 0.5) is 0 Å². The summed E-state index contributed by atoms with van der Waals surface area (Å²) in [6.07, 6.45) is 4.82. The second-order valence-electron chi connectivity index (χ2n) is 5.35. The maximum Gasteiger partial charge on any atom is 0.311 e. The molecule has 1 aliphatic carbocycles. The number of nitrogens with one attached hydrogen (secondary N) is 1. The largest absolute Gasteiger partial charge is 0.455 e. The molecule has 0 aliphatic heterocycles. The molecule has 5 heteroatoms. The molecule has 1 aliphatic rings. The third kappa shape index (κ3) is 4.63. The number of esters is 1. The molecule has 0 aromatic carbocycles. The lowest BCUT2D eigenvalue weighted by Gasteiger charge is -2.29. The minimum Gasteiger partial charge on any atom is -0.455 e. The van der Waals surface area contributed by atoms with E-state index in [1.165, 1.54) is 17.8 Å². The Morgan fingerprint density at radius 3 is 2.90 bits per heavy atom. The Hall–Kier alpha value is -1.36. The van der Waals surface area contributed by atoms with E-state index in [-0.39, 0.29) is 30.9 Å². The van der Waals surface area contributed by atoms with Gasteiger partial charge in [-0.25, -0.2) is 0 Å². The highest BCUT2D eigenvalue weighted by Gasteiger charge is 2.23. The van der Waals surface area contributed by atoms with Gasteiger partial charge in [0, 0.05) is 10.9 Å². The number of hydrogen-bond acceptors (Lipinski definition) is 4. The lowest BCUT2D eigenvalue weighted by molar-refractivity contribution is -0.148. The van der Waals surface area contributed by atoms with E-state index in [9.17, 15) is 9.59 Å². The van der Waals surface area contributed by atoms with Crippen molar-refractivity contribution in [3.63, 3.8) is 0 Å². The molecule has 0 bridgehead atoms. The average Bonchev–Trinajstić information content (AvgIpc) is 2.92. The van der Waals surface area contributed by atoms with Gasteiger partial charge in [0.1, 0.15) is 0 Å². The second-order valence-corrected chi connectivity index (χ2v) is 6.38. The summed E-state index contributed by atoms with van der Waals surface area (Å²) in [5.41, 5.74) is 0. The van der Waals surface area contributed by atoms with Crippen LogP contribution in [0.5, 0.6) is 0 Å². The molecule has 1 amide bonds. The van der Waals surface area contributed by atoms with Gasteiger partial charge in [-0.3, -0.25) is 9.59 Å². The Balaban J connectivity index is 1.68. The monoisotopic (exact) mass is 295 g/mol. The number of ether oxygens (including phenoxy) is 1. The van der Waals surface area contributed by atoms with Gasteiger partial charge < -0.3 is 10.1 Å². The molecule has 0 radical (unpaired) electrons. The predicted octanol–water partition coefficient (Wildman–Crippen LogP) is 2.53. The standard InChI is InChI=1S/C15H21NO3S/c1-11-5-2-3-7-13(11)16-14(17)10-19-15(18)9-12-6-4-8-20-12/h4,6,8,11,13H,2-3,5,7,9-10H2,1H3,(H,16,17)/t11-,13+/m1/s1. The normalized spacial score (nSPS) is 22.2. The van der Waals surface area contributed by atoms with Crippen molar-refractivity contribution in [1.82, 2.24) is 5.32 Å². The molecule has 1 N–H and O–H groups in total. The van der Waals surface area contributed by atoms with Crippen LogP contribution in [-0.4, -0.2) is 24.5 Å². The van der Waals surface area contributed by atoms with Gasteiger partial charge in [0.25, 0.3) is 5.91 Å². The van der Waals surface area contributed by atoms with Gasteiger partial charge in [-0.05, 0) is 30.2 Å². The third-order valence-corrected chi connectivity index (χ3v) is 4.60. The van der Waals surface area contributed by atoms with Gasteiger partial charge in [-0.2, -0.15) is 0 Å². The molecule has 110 valence electrons. The first-order valence-corrected chi connectivity index (χ1v) is 8.00. The fourth-order valence-electron chi connectivity index (χ4n) is 2.53. The second kappa shape index (κ2) is 7.43. The maximum atomic E-state index is 11.8. The minimum absolute atomic E-state index is 0.173. The van der Waals surface area contributed by atoms with E-state index in [2.05, 4.69) is 12.2 Å². The fourth-order valence-corrected chi connectivity index (χ4v) is 3.22. The Kier molecular flexibility index (Phi) is 5.59. The number of amides is 1. The van der Waals surface area contributed by atoms with E-state index in [1.54, 1.807) is 0 Å². The van der Waals surface area contributed by atoms with Crippen LogP contribution in [0.25, 0.3) is 0 Å². The molecule has 0 spiro atoms. The van der Waals surface area contributed by atoms with E-state index in [1.807, 2.05) is 17.5 Å².